The minimum atomic E-state index is -3.55. The Kier molecular flexibility index (Phi) is 5.16. The Morgan fingerprint density at radius 3 is 2.36 bits per heavy atom. The molecular weight excluding hydrogens is 376 g/mol. The first-order chi connectivity index (χ1) is 13.4. The summed E-state index contributed by atoms with van der Waals surface area (Å²) < 4.78 is 27.6. The molecule has 4 rings (SSSR count). The van der Waals surface area contributed by atoms with Crippen molar-refractivity contribution in [2.24, 2.45) is 0 Å². The van der Waals surface area contributed by atoms with Crippen molar-refractivity contribution in [1.29, 1.82) is 0 Å². The lowest BCUT2D eigenvalue weighted by Crippen LogP contribution is -2.50. The Hall–Kier alpha value is -2.32. The van der Waals surface area contributed by atoms with E-state index in [1.165, 1.54) is 22.5 Å². The molecule has 148 valence electrons. The van der Waals surface area contributed by atoms with Crippen molar-refractivity contribution in [3.05, 3.63) is 53.1 Å². The number of hydrogen-bond donors (Lipinski definition) is 0. The molecule has 2 aromatic rings. The number of aryl methyl sites for hydroxylation is 3. The third kappa shape index (κ3) is 3.66. The summed E-state index contributed by atoms with van der Waals surface area (Å²) >= 11 is 0. The first kappa shape index (κ1) is 19.0. The summed E-state index contributed by atoms with van der Waals surface area (Å²) in [7, 11) is -3.55. The van der Waals surface area contributed by atoms with Crippen LogP contribution in [0.5, 0.6) is 0 Å². The largest absolute Gasteiger partial charge is 0.335 e. The number of aromatic nitrogens is 2. The standard InChI is InChI=1S/C20H24N4O3S/c1-15-13-22-19(14-21-15)20(25)23-8-10-24(11-9-23)28(26,27)18-7-6-16-4-2-3-5-17(16)12-18/h6-7,12-14H,2-5,8-11H2,1H3. The number of hydrogen-bond acceptors (Lipinski definition) is 5. The summed E-state index contributed by atoms with van der Waals surface area (Å²) in [5.41, 5.74) is 3.45. The molecule has 8 heteroatoms. The van der Waals surface area contributed by atoms with Crippen LogP contribution in [0.4, 0.5) is 0 Å². The highest BCUT2D eigenvalue weighted by Gasteiger charge is 2.31. The number of sulfonamides is 1. The van der Waals surface area contributed by atoms with Gasteiger partial charge in [0.05, 0.1) is 16.8 Å². The summed E-state index contributed by atoms with van der Waals surface area (Å²) in [5, 5.41) is 0. The van der Waals surface area contributed by atoms with Crippen LogP contribution >= 0.6 is 0 Å². The van der Waals surface area contributed by atoms with Gasteiger partial charge in [-0.2, -0.15) is 4.31 Å². The lowest BCUT2D eigenvalue weighted by atomic mass is 9.92. The van der Waals surface area contributed by atoms with Gasteiger partial charge in [-0.1, -0.05) is 6.07 Å². The number of nitrogens with zero attached hydrogens (tertiary/aromatic N) is 4. The van der Waals surface area contributed by atoms with E-state index in [1.54, 1.807) is 17.2 Å². The van der Waals surface area contributed by atoms with Crippen molar-refractivity contribution in [2.45, 2.75) is 37.5 Å². The van der Waals surface area contributed by atoms with Gasteiger partial charge < -0.3 is 4.90 Å². The Morgan fingerprint density at radius 2 is 1.68 bits per heavy atom. The normalized spacial score (nSPS) is 18.0. The first-order valence-corrected chi connectivity index (χ1v) is 11.1. The van der Waals surface area contributed by atoms with Gasteiger partial charge in [0, 0.05) is 32.4 Å². The van der Waals surface area contributed by atoms with Crippen LogP contribution in [-0.4, -0.2) is 59.7 Å². The number of carbonyl (C=O) groups is 1. The minimum Gasteiger partial charge on any atom is -0.335 e. The van der Waals surface area contributed by atoms with E-state index in [4.69, 9.17) is 0 Å². The highest BCUT2D eigenvalue weighted by Crippen LogP contribution is 2.26. The Morgan fingerprint density at radius 1 is 0.964 bits per heavy atom. The number of rotatable bonds is 3. The quantitative estimate of drug-likeness (QED) is 0.785. The van der Waals surface area contributed by atoms with Crippen LogP contribution in [0.2, 0.25) is 0 Å². The molecular formula is C20H24N4O3S. The lowest BCUT2D eigenvalue weighted by molar-refractivity contribution is 0.0691. The number of carbonyl (C=O) groups excluding carboxylic acids is 1. The molecule has 0 saturated carbocycles. The maximum absolute atomic E-state index is 13.1. The monoisotopic (exact) mass is 400 g/mol. The van der Waals surface area contributed by atoms with E-state index in [9.17, 15) is 13.2 Å². The van der Waals surface area contributed by atoms with Crippen molar-refractivity contribution in [3.63, 3.8) is 0 Å². The van der Waals surface area contributed by atoms with Crippen LogP contribution in [-0.2, 0) is 22.9 Å². The Balaban J connectivity index is 1.45. The zero-order chi connectivity index (χ0) is 19.7. The number of fused-ring (bicyclic) bond motifs is 1. The minimum absolute atomic E-state index is 0.210. The van der Waals surface area contributed by atoms with E-state index < -0.39 is 10.0 Å². The molecule has 1 aliphatic heterocycles. The van der Waals surface area contributed by atoms with Crippen molar-refractivity contribution in [3.8, 4) is 0 Å². The topological polar surface area (TPSA) is 83.5 Å². The van der Waals surface area contributed by atoms with Gasteiger partial charge in [-0.15, -0.1) is 0 Å². The second kappa shape index (κ2) is 7.60. The second-order valence-corrected chi connectivity index (χ2v) is 9.31. The van der Waals surface area contributed by atoms with Gasteiger partial charge in [0.1, 0.15) is 5.69 Å². The molecule has 1 aromatic heterocycles. The SMILES string of the molecule is Cc1cnc(C(=O)N2CCN(S(=O)(=O)c3ccc4c(c3)CCCC4)CC2)cn1. The fourth-order valence-electron chi connectivity index (χ4n) is 3.82. The number of piperazine rings is 1. The average Bonchev–Trinajstić information content (AvgIpc) is 2.73. The van der Waals surface area contributed by atoms with E-state index in [2.05, 4.69) is 9.97 Å². The van der Waals surface area contributed by atoms with Gasteiger partial charge in [0.2, 0.25) is 10.0 Å². The van der Waals surface area contributed by atoms with E-state index in [-0.39, 0.29) is 24.7 Å². The molecule has 1 aromatic carbocycles. The van der Waals surface area contributed by atoms with Crippen LogP contribution in [0, 0.1) is 6.92 Å². The Labute approximate surface area is 165 Å². The highest BCUT2D eigenvalue weighted by molar-refractivity contribution is 7.89. The summed E-state index contributed by atoms with van der Waals surface area (Å²) in [6.07, 6.45) is 7.27. The first-order valence-electron chi connectivity index (χ1n) is 9.65. The molecule has 0 N–H and O–H groups in total. The van der Waals surface area contributed by atoms with Crippen LogP contribution in [0.25, 0.3) is 0 Å². The summed E-state index contributed by atoms with van der Waals surface area (Å²) in [5.74, 6) is -0.210. The molecule has 1 amide bonds. The van der Waals surface area contributed by atoms with Crippen molar-refractivity contribution in [2.75, 3.05) is 26.2 Å². The molecule has 0 spiro atoms. The maximum atomic E-state index is 13.1. The lowest BCUT2D eigenvalue weighted by Gasteiger charge is -2.34. The second-order valence-electron chi connectivity index (χ2n) is 7.38. The molecule has 0 radical (unpaired) electrons. The molecule has 7 nitrogen and oxygen atoms in total. The van der Waals surface area contributed by atoms with E-state index in [0.29, 0.717) is 18.0 Å². The molecule has 2 aliphatic rings. The maximum Gasteiger partial charge on any atom is 0.274 e. The smallest absolute Gasteiger partial charge is 0.274 e. The zero-order valence-corrected chi connectivity index (χ0v) is 16.8. The Bertz CT molecular complexity index is 981. The van der Waals surface area contributed by atoms with Gasteiger partial charge in [-0.05, 0) is 55.9 Å². The molecule has 28 heavy (non-hydrogen) atoms. The van der Waals surface area contributed by atoms with E-state index >= 15 is 0 Å². The molecule has 0 bridgehead atoms. The van der Waals surface area contributed by atoms with Gasteiger partial charge in [-0.25, -0.2) is 13.4 Å². The van der Waals surface area contributed by atoms with Crippen LogP contribution < -0.4 is 0 Å². The van der Waals surface area contributed by atoms with Gasteiger partial charge >= 0.3 is 0 Å². The van der Waals surface area contributed by atoms with Gasteiger partial charge in [0.15, 0.2) is 0 Å². The number of amides is 1. The van der Waals surface area contributed by atoms with Crippen molar-refractivity contribution in [1.82, 2.24) is 19.2 Å². The molecule has 1 aliphatic carbocycles. The van der Waals surface area contributed by atoms with Crippen LogP contribution in [0.15, 0.2) is 35.5 Å². The summed E-state index contributed by atoms with van der Waals surface area (Å²) in [6, 6.07) is 5.51. The highest BCUT2D eigenvalue weighted by atomic mass is 32.2. The van der Waals surface area contributed by atoms with E-state index in [1.807, 2.05) is 19.1 Å². The third-order valence-electron chi connectivity index (χ3n) is 5.48. The van der Waals surface area contributed by atoms with E-state index in [0.717, 1.165) is 30.5 Å². The predicted octanol–water partition coefficient (Wildman–Crippen LogP) is 1.81. The fourth-order valence-corrected chi connectivity index (χ4v) is 5.29. The molecule has 0 atom stereocenters. The zero-order valence-electron chi connectivity index (χ0n) is 16.0. The van der Waals surface area contributed by atoms with Gasteiger partial charge in [-0.3, -0.25) is 9.78 Å². The summed E-state index contributed by atoms with van der Waals surface area (Å²) in [6.45, 7) is 3.07. The van der Waals surface area contributed by atoms with Gasteiger partial charge in [0.25, 0.3) is 5.91 Å². The summed E-state index contributed by atoms with van der Waals surface area (Å²) in [4.78, 5) is 22.8. The molecule has 1 saturated heterocycles. The predicted molar refractivity (Wildman–Crippen MR) is 105 cm³/mol. The fraction of sp³-hybridized carbons (Fsp3) is 0.450. The number of benzene rings is 1. The third-order valence-corrected chi connectivity index (χ3v) is 7.38. The average molecular weight is 401 g/mol. The molecule has 2 heterocycles. The van der Waals surface area contributed by atoms with Crippen LogP contribution in [0.1, 0.15) is 40.2 Å². The van der Waals surface area contributed by atoms with Crippen molar-refractivity contribution >= 4 is 15.9 Å². The molecule has 1 fully saturated rings. The molecule has 0 unspecified atom stereocenters. The van der Waals surface area contributed by atoms with Crippen LogP contribution in [0.3, 0.4) is 0 Å². The van der Waals surface area contributed by atoms with Crippen molar-refractivity contribution < 1.29 is 13.2 Å².